The molecule has 4 unspecified atom stereocenters. The first kappa shape index (κ1) is 18.0. The van der Waals surface area contributed by atoms with E-state index in [4.69, 9.17) is 5.73 Å². The molecular weight excluding hydrogens is 244 g/mol. The van der Waals surface area contributed by atoms with Crippen molar-refractivity contribution in [1.82, 2.24) is 4.90 Å². The van der Waals surface area contributed by atoms with Gasteiger partial charge in [0.2, 0.25) is 0 Å². The fourth-order valence-corrected chi connectivity index (χ4v) is 3.55. The van der Waals surface area contributed by atoms with Crippen molar-refractivity contribution in [1.29, 1.82) is 0 Å². The number of nitrogens with zero attached hydrogens (tertiary/aromatic N) is 1. The monoisotopic (exact) mass is 282 g/mol. The Labute approximate surface area is 127 Å². The molecule has 0 aliphatic heterocycles. The van der Waals surface area contributed by atoms with E-state index in [2.05, 4.69) is 39.5 Å². The zero-order valence-electron chi connectivity index (χ0n) is 14.6. The van der Waals surface area contributed by atoms with Crippen LogP contribution in [0.4, 0.5) is 0 Å². The van der Waals surface area contributed by atoms with Crippen molar-refractivity contribution in [3.63, 3.8) is 0 Å². The van der Waals surface area contributed by atoms with Crippen molar-refractivity contribution >= 4 is 0 Å². The number of hydrogen-bond acceptors (Lipinski definition) is 2. The van der Waals surface area contributed by atoms with Gasteiger partial charge in [-0.15, -0.1) is 0 Å². The molecule has 0 aromatic carbocycles. The van der Waals surface area contributed by atoms with Crippen LogP contribution in [0, 0.1) is 17.8 Å². The van der Waals surface area contributed by atoms with Crippen LogP contribution in [-0.2, 0) is 0 Å². The lowest BCUT2D eigenvalue weighted by Gasteiger charge is -2.40. The van der Waals surface area contributed by atoms with Crippen LogP contribution >= 0.6 is 0 Å². The third kappa shape index (κ3) is 5.37. The van der Waals surface area contributed by atoms with Gasteiger partial charge in [-0.25, -0.2) is 0 Å². The fourth-order valence-electron chi connectivity index (χ4n) is 3.55. The Hall–Kier alpha value is -0.0800. The first-order chi connectivity index (χ1) is 9.49. The Morgan fingerprint density at radius 3 is 2.40 bits per heavy atom. The summed E-state index contributed by atoms with van der Waals surface area (Å²) in [4.78, 5) is 2.71. The molecule has 20 heavy (non-hydrogen) atoms. The van der Waals surface area contributed by atoms with Gasteiger partial charge in [0.15, 0.2) is 0 Å². The molecule has 120 valence electrons. The van der Waals surface area contributed by atoms with E-state index in [0.717, 1.165) is 11.8 Å². The van der Waals surface area contributed by atoms with Crippen molar-refractivity contribution < 1.29 is 0 Å². The van der Waals surface area contributed by atoms with Gasteiger partial charge in [0.1, 0.15) is 0 Å². The maximum atomic E-state index is 6.43. The molecule has 0 radical (unpaired) electrons. The standard InChI is InChI=1S/C18H38N2/c1-6-8-11-20(15(5)7-2)13-17-12-16(14(3)4)9-10-18(17)19/h14-18H,6-13,19H2,1-5H3. The Morgan fingerprint density at radius 2 is 1.85 bits per heavy atom. The summed E-state index contributed by atoms with van der Waals surface area (Å²) in [6.45, 7) is 14.2. The van der Waals surface area contributed by atoms with Crippen LogP contribution in [0.1, 0.15) is 73.1 Å². The summed E-state index contributed by atoms with van der Waals surface area (Å²) in [6, 6.07) is 1.13. The highest BCUT2D eigenvalue weighted by Gasteiger charge is 2.31. The molecule has 1 aliphatic carbocycles. The van der Waals surface area contributed by atoms with Crippen LogP contribution < -0.4 is 5.73 Å². The molecule has 1 saturated carbocycles. The average Bonchev–Trinajstić information content (AvgIpc) is 2.44. The zero-order chi connectivity index (χ0) is 15.1. The van der Waals surface area contributed by atoms with Gasteiger partial charge < -0.3 is 10.6 Å². The molecule has 0 spiro atoms. The average molecular weight is 283 g/mol. The van der Waals surface area contributed by atoms with Gasteiger partial charge in [0.05, 0.1) is 0 Å². The Balaban J connectivity index is 2.59. The van der Waals surface area contributed by atoms with Crippen molar-refractivity contribution in [3.8, 4) is 0 Å². The smallest absolute Gasteiger partial charge is 0.00795 e. The topological polar surface area (TPSA) is 29.3 Å². The quantitative estimate of drug-likeness (QED) is 0.719. The van der Waals surface area contributed by atoms with E-state index < -0.39 is 0 Å². The van der Waals surface area contributed by atoms with Crippen molar-refractivity contribution in [2.75, 3.05) is 13.1 Å². The third-order valence-electron chi connectivity index (χ3n) is 5.51. The lowest BCUT2D eigenvalue weighted by molar-refractivity contribution is 0.111. The minimum absolute atomic E-state index is 0.429. The molecule has 2 heteroatoms. The molecule has 0 aromatic rings. The van der Waals surface area contributed by atoms with Gasteiger partial charge in [-0.3, -0.25) is 0 Å². The summed E-state index contributed by atoms with van der Waals surface area (Å²) in [5.74, 6) is 2.42. The molecule has 0 amide bonds. The molecule has 1 aliphatic rings. The minimum atomic E-state index is 0.429. The molecule has 0 saturated heterocycles. The van der Waals surface area contributed by atoms with Crippen LogP contribution in [0.2, 0.25) is 0 Å². The number of hydrogen-bond donors (Lipinski definition) is 1. The Bertz CT molecular complexity index is 252. The second-order valence-electron chi connectivity index (χ2n) is 7.35. The van der Waals surface area contributed by atoms with E-state index in [1.54, 1.807) is 0 Å². The molecule has 0 bridgehead atoms. The summed E-state index contributed by atoms with van der Waals surface area (Å²) in [6.07, 6.45) is 7.78. The highest BCUT2D eigenvalue weighted by molar-refractivity contribution is 4.86. The largest absolute Gasteiger partial charge is 0.327 e. The molecular formula is C18H38N2. The van der Waals surface area contributed by atoms with Gasteiger partial charge in [-0.2, -0.15) is 0 Å². The van der Waals surface area contributed by atoms with E-state index in [1.165, 1.54) is 51.6 Å². The van der Waals surface area contributed by atoms with Gasteiger partial charge in [-0.1, -0.05) is 34.1 Å². The summed E-state index contributed by atoms with van der Waals surface area (Å²) in [7, 11) is 0. The van der Waals surface area contributed by atoms with Gasteiger partial charge in [0.25, 0.3) is 0 Å². The van der Waals surface area contributed by atoms with Gasteiger partial charge in [0, 0.05) is 18.6 Å². The van der Waals surface area contributed by atoms with Crippen LogP contribution in [-0.4, -0.2) is 30.1 Å². The fraction of sp³-hybridized carbons (Fsp3) is 1.00. The van der Waals surface area contributed by atoms with Crippen molar-refractivity contribution in [2.24, 2.45) is 23.5 Å². The first-order valence-corrected chi connectivity index (χ1v) is 8.99. The first-order valence-electron chi connectivity index (χ1n) is 8.99. The lowest BCUT2D eigenvalue weighted by Crippen LogP contribution is -2.46. The summed E-state index contributed by atoms with van der Waals surface area (Å²) >= 11 is 0. The molecule has 4 atom stereocenters. The maximum absolute atomic E-state index is 6.43. The summed E-state index contributed by atoms with van der Waals surface area (Å²) in [5.41, 5.74) is 6.43. The zero-order valence-corrected chi connectivity index (χ0v) is 14.6. The molecule has 0 aromatic heterocycles. The predicted molar refractivity (Wildman–Crippen MR) is 89.9 cm³/mol. The molecule has 0 heterocycles. The Morgan fingerprint density at radius 1 is 1.15 bits per heavy atom. The minimum Gasteiger partial charge on any atom is -0.327 e. The van der Waals surface area contributed by atoms with Crippen molar-refractivity contribution in [3.05, 3.63) is 0 Å². The van der Waals surface area contributed by atoms with Crippen molar-refractivity contribution in [2.45, 2.75) is 85.2 Å². The third-order valence-corrected chi connectivity index (χ3v) is 5.51. The van der Waals surface area contributed by atoms with Crippen LogP contribution in [0.15, 0.2) is 0 Å². The van der Waals surface area contributed by atoms with E-state index in [-0.39, 0.29) is 0 Å². The number of nitrogens with two attached hydrogens (primary N) is 1. The van der Waals surface area contributed by atoms with Crippen LogP contribution in [0.5, 0.6) is 0 Å². The predicted octanol–water partition coefficient (Wildman–Crippen LogP) is 4.29. The second kappa shape index (κ2) is 9.04. The number of rotatable bonds is 8. The lowest BCUT2D eigenvalue weighted by atomic mass is 9.73. The van der Waals surface area contributed by atoms with E-state index in [9.17, 15) is 0 Å². The molecule has 1 rings (SSSR count). The highest BCUT2D eigenvalue weighted by atomic mass is 15.1. The van der Waals surface area contributed by atoms with E-state index >= 15 is 0 Å². The Kier molecular flexibility index (Phi) is 8.13. The normalized spacial score (nSPS) is 29.1. The van der Waals surface area contributed by atoms with Crippen LogP contribution in [0.3, 0.4) is 0 Å². The molecule has 2 nitrogen and oxygen atoms in total. The summed E-state index contributed by atoms with van der Waals surface area (Å²) < 4.78 is 0. The van der Waals surface area contributed by atoms with Gasteiger partial charge >= 0.3 is 0 Å². The molecule has 1 fully saturated rings. The SMILES string of the molecule is CCCCN(CC1CC(C(C)C)CCC1N)C(C)CC. The van der Waals surface area contributed by atoms with Crippen LogP contribution in [0.25, 0.3) is 0 Å². The summed E-state index contributed by atoms with van der Waals surface area (Å²) in [5, 5.41) is 0. The molecule has 2 N–H and O–H groups in total. The highest BCUT2D eigenvalue weighted by Crippen LogP contribution is 2.34. The van der Waals surface area contributed by atoms with E-state index in [1.807, 2.05) is 0 Å². The van der Waals surface area contributed by atoms with Gasteiger partial charge in [-0.05, 0) is 63.3 Å². The number of unbranched alkanes of at least 4 members (excludes halogenated alkanes) is 1. The second-order valence-corrected chi connectivity index (χ2v) is 7.35. The van der Waals surface area contributed by atoms with E-state index in [0.29, 0.717) is 18.0 Å². The maximum Gasteiger partial charge on any atom is 0.00795 e.